The van der Waals surface area contributed by atoms with Crippen molar-refractivity contribution >= 4 is 23.2 Å². The van der Waals surface area contributed by atoms with Gasteiger partial charge in [-0.3, -0.25) is 4.79 Å². The highest BCUT2D eigenvalue weighted by atomic mass is 35.5. The number of hydrogen-bond donors (Lipinski definition) is 0. The van der Waals surface area contributed by atoms with E-state index in [0.29, 0.717) is 23.8 Å². The molecule has 0 bridgehead atoms. The van der Waals surface area contributed by atoms with Crippen LogP contribution in [0, 0.1) is 0 Å². The standard InChI is InChI=1S/C17H14ClNO3/c1-19-15-7-6-11(18)10-14(15)17(21-8-9-22-17)13-5-3-2-4-12(13)16(19)20/h2-7,10H,8-9H2,1H3. The van der Waals surface area contributed by atoms with Gasteiger partial charge in [0.25, 0.3) is 5.91 Å². The van der Waals surface area contributed by atoms with Crippen molar-refractivity contribution in [1.29, 1.82) is 0 Å². The molecule has 2 heterocycles. The number of carbonyl (C=O) groups excluding carboxylic acids is 1. The van der Waals surface area contributed by atoms with Gasteiger partial charge in [0.2, 0.25) is 5.79 Å². The first-order valence-electron chi connectivity index (χ1n) is 7.09. The second-order valence-electron chi connectivity index (χ2n) is 5.38. The first-order valence-corrected chi connectivity index (χ1v) is 7.47. The number of nitrogens with zero attached hydrogens (tertiary/aromatic N) is 1. The van der Waals surface area contributed by atoms with E-state index in [2.05, 4.69) is 0 Å². The number of fused-ring (bicyclic) bond motifs is 4. The summed E-state index contributed by atoms with van der Waals surface area (Å²) in [6.07, 6.45) is 0. The van der Waals surface area contributed by atoms with Crippen molar-refractivity contribution < 1.29 is 14.3 Å². The predicted molar refractivity (Wildman–Crippen MR) is 83.3 cm³/mol. The van der Waals surface area contributed by atoms with Crippen LogP contribution in [0.15, 0.2) is 42.5 Å². The van der Waals surface area contributed by atoms with Crippen molar-refractivity contribution in [2.24, 2.45) is 0 Å². The van der Waals surface area contributed by atoms with Crippen LogP contribution in [0.5, 0.6) is 0 Å². The molecule has 0 radical (unpaired) electrons. The molecule has 0 aromatic heterocycles. The van der Waals surface area contributed by atoms with Crippen molar-refractivity contribution in [3.8, 4) is 0 Å². The number of ether oxygens (including phenoxy) is 2. The molecule has 0 saturated carbocycles. The van der Waals surface area contributed by atoms with Gasteiger partial charge in [-0.25, -0.2) is 0 Å². The van der Waals surface area contributed by atoms with Crippen LogP contribution in [0.1, 0.15) is 21.5 Å². The van der Waals surface area contributed by atoms with Crippen LogP contribution in [0.3, 0.4) is 0 Å². The van der Waals surface area contributed by atoms with Crippen LogP contribution in [0.4, 0.5) is 5.69 Å². The van der Waals surface area contributed by atoms with Crippen molar-refractivity contribution in [3.05, 3.63) is 64.2 Å². The lowest BCUT2D eigenvalue weighted by atomic mass is 9.93. The zero-order valence-corrected chi connectivity index (χ0v) is 12.8. The Bertz CT molecular complexity index is 768. The van der Waals surface area contributed by atoms with Gasteiger partial charge >= 0.3 is 0 Å². The number of benzene rings is 2. The smallest absolute Gasteiger partial charge is 0.258 e. The van der Waals surface area contributed by atoms with Crippen molar-refractivity contribution in [2.45, 2.75) is 5.79 Å². The molecule has 5 heteroatoms. The van der Waals surface area contributed by atoms with E-state index in [1.807, 2.05) is 30.3 Å². The Morgan fingerprint density at radius 2 is 1.82 bits per heavy atom. The zero-order chi connectivity index (χ0) is 15.3. The van der Waals surface area contributed by atoms with Crippen molar-refractivity contribution in [3.63, 3.8) is 0 Å². The first kappa shape index (κ1) is 13.8. The Hall–Kier alpha value is -1.88. The number of carbonyl (C=O) groups is 1. The molecule has 22 heavy (non-hydrogen) atoms. The van der Waals surface area contributed by atoms with Gasteiger partial charge in [-0.05, 0) is 24.3 Å². The molecule has 0 unspecified atom stereocenters. The average Bonchev–Trinajstić information content (AvgIpc) is 3.02. The third-order valence-corrected chi connectivity index (χ3v) is 4.42. The largest absolute Gasteiger partial charge is 0.340 e. The molecule has 4 rings (SSSR count). The SMILES string of the molecule is CN1C(=O)c2ccccc2C2(OCCO2)c2cc(Cl)ccc21. The van der Waals surface area contributed by atoms with E-state index in [4.69, 9.17) is 21.1 Å². The van der Waals surface area contributed by atoms with Crippen LogP contribution in [0.25, 0.3) is 0 Å². The highest BCUT2D eigenvalue weighted by molar-refractivity contribution is 6.30. The molecule has 1 fully saturated rings. The minimum absolute atomic E-state index is 0.0878. The Morgan fingerprint density at radius 1 is 1.09 bits per heavy atom. The molecule has 2 aliphatic rings. The molecule has 2 aromatic carbocycles. The van der Waals surface area contributed by atoms with Crippen molar-refractivity contribution in [2.75, 3.05) is 25.2 Å². The second-order valence-corrected chi connectivity index (χ2v) is 5.82. The van der Waals surface area contributed by atoms with E-state index >= 15 is 0 Å². The topological polar surface area (TPSA) is 38.8 Å². The predicted octanol–water partition coefficient (Wildman–Crippen LogP) is 3.18. The lowest BCUT2D eigenvalue weighted by Gasteiger charge is -2.29. The third-order valence-electron chi connectivity index (χ3n) is 4.19. The van der Waals surface area contributed by atoms with Crippen molar-refractivity contribution in [1.82, 2.24) is 0 Å². The zero-order valence-electron chi connectivity index (χ0n) is 12.0. The summed E-state index contributed by atoms with van der Waals surface area (Å²) in [5.41, 5.74) is 2.82. The number of hydrogen-bond acceptors (Lipinski definition) is 3. The minimum Gasteiger partial charge on any atom is -0.340 e. The summed E-state index contributed by atoms with van der Waals surface area (Å²) in [5.74, 6) is -1.16. The monoisotopic (exact) mass is 315 g/mol. The summed E-state index contributed by atoms with van der Waals surface area (Å²) >= 11 is 6.19. The fourth-order valence-corrected chi connectivity index (χ4v) is 3.35. The minimum atomic E-state index is -1.07. The quantitative estimate of drug-likeness (QED) is 0.749. The number of anilines is 1. The summed E-state index contributed by atoms with van der Waals surface area (Å²) in [6.45, 7) is 0.941. The van der Waals surface area contributed by atoms with Gasteiger partial charge < -0.3 is 14.4 Å². The molecule has 0 N–H and O–H groups in total. The highest BCUT2D eigenvalue weighted by Crippen LogP contribution is 2.47. The number of amides is 1. The van der Waals surface area contributed by atoms with Crippen LogP contribution in [-0.2, 0) is 15.3 Å². The normalized spacial score (nSPS) is 19.0. The third kappa shape index (κ3) is 1.75. The lowest BCUT2D eigenvalue weighted by molar-refractivity contribution is -0.129. The van der Waals surface area contributed by atoms with Gasteiger partial charge in [-0.15, -0.1) is 0 Å². The summed E-state index contributed by atoms with van der Waals surface area (Å²) in [6, 6.07) is 12.8. The van der Waals surface area contributed by atoms with Crippen LogP contribution in [0.2, 0.25) is 5.02 Å². The summed E-state index contributed by atoms with van der Waals surface area (Å²) in [5, 5.41) is 0.581. The van der Waals surface area contributed by atoms with Gasteiger partial charge in [0.1, 0.15) is 0 Å². The van der Waals surface area contributed by atoms with E-state index in [1.54, 1.807) is 24.1 Å². The molecule has 1 spiro atoms. The Morgan fingerprint density at radius 3 is 2.59 bits per heavy atom. The maximum absolute atomic E-state index is 12.8. The molecular weight excluding hydrogens is 302 g/mol. The Kier molecular flexibility index (Phi) is 3.01. The first-order chi connectivity index (χ1) is 10.6. The molecule has 1 saturated heterocycles. The molecule has 2 aromatic rings. The fourth-order valence-electron chi connectivity index (χ4n) is 3.18. The molecule has 4 nitrogen and oxygen atoms in total. The summed E-state index contributed by atoms with van der Waals surface area (Å²) < 4.78 is 12.0. The second kappa shape index (κ2) is 4.81. The van der Waals surface area contributed by atoms with Crippen LogP contribution < -0.4 is 4.90 Å². The molecule has 2 aliphatic heterocycles. The van der Waals surface area contributed by atoms with E-state index < -0.39 is 5.79 Å². The fraction of sp³-hybridized carbons (Fsp3) is 0.235. The molecule has 0 atom stereocenters. The van der Waals surface area contributed by atoms with Gasteiger partial charge in [-0.2, -0.15) is 0 Å². The van der Waals surface area contributed by atoms with Gasteiger partial charge in [0.05, 0.1) is 18.9 Å². The lowest BCUT2D eigenvalue weighted by Crippen LogP contribution is -2.29. The summed E-state index contributed by atoms with van der Waals surface area (Å²) in [4.78, 5) is 14.4. The number of rotatable bonds is 0. The maximum Gasteiger partial charge on any atom is 0.258 e. The Balaban J connectivity index is 2.10. The van der Waals surface area contributed by atoms with E-state index in [9.17, 15) is 4.79 Å². The molecule has 1 amide bonds. The van der Waals surface area contributed by atoms with Gasteiger partial charge in [0.15, 0.2) is 0 Å². The molecule has 0 aliphatic carbocycles. The van der Waals surface area contributed by atoms with Crippen LogP contribution in [-0.4, -0.2) is 26.2 Å². The average molecular weight is 316 g/mol. The highest BCUT2D eigenvalue weighted by Gasteiger charge is 2.47. The van der Waals surface area contributed by atoms with E-state index in [1.165, 1.54) is 0 Å². The van der Waals surface area contributed by atoms with Crippen LogP contribution >= 0.6 is 11.6 Å². The Labute approximate surface area is 133 Å². The maximum atomic E-state index is 12.8. The van der Waals surface area contributed by atoms with Gasteiger partial charge in [0, 0.05) is 28.8 Å². The summed E-state index contributed by atoms with van der Waals surface area (Å²) in [7, 11) is 1.75. The van der Waals surface area contributed by atoms with E-state index in [-0.39, 0.29) is 5.91 Å². The van der Waals surface area contributed by atoms with Gasteiger partial charge in [-0.1, -0.05) is 29.8 Å². The van der Waals surface area contributed by atoms with E-state index in [0.717, 1.165) is 16.8 Å². The molecule has 112 valence electrons. The molecular formula is C17H14ClNO3. The number of halogens is 1.